The van der Waals surface area contributed by atoms with E-state index in [-0.39, 0.29) is 24.8 Å². The van der Waals surface area contributed by atoms with Crippen LogP contribution in [-0.2, 0) is 16.0 Å². The van der Waals surface area contributed by atoms with Crippen molar-refractivity contribution in [2.45, 2.75) is 13.3 Å². The summed E-state index contributed by atoms with van der Waals surface area (Å²) in [5.74, 6) is 0.517. The van der Waals surface area contributed by atoms with Crippen LogP contribution in [0.3, 0.4) is 0 Å². The van der Waals surface area contributed by atoms with E-state index in [1.54, 1.807) is 13.2 Å². The minimum absolute atomic E-state index is 0.0466. The maximum Gasteiger partial charge on any atom is 0.244 e. The maximum atomic E-state index is 12.7. The highest BCUT2D eigenvalue weighted by Gasteiger charge is 2.26. The number of hydrogen-bond acceptors (Lipinski definition) is 3. The molecule has 23 heavy (non-hydrogen) atoms. The summed E-state index contributed by atoms with van der Waals surface area (Å²) < 4.78 is 5.23. The predicted molar refractivity (Wildman–Crippen MR) is 88.9 cm³/mol. The van der Waals surface area contributed by atoms with Gasteiger partial charge in [-0.3, -0.25) is 9.59 Å². The zero-order valence-corrected chi connectivity index (χ0v) is 13.1. The van der Waals surface area contributed by atoms with E-state index in [1.165, 1.54) is 4.90 Å². The van der Waals surface area contributed by atoms with Gasteiger partial charge in [0.05, 0.1) is 24.9 Å². The molecule has 1 N–H and O–H groups in total. The summed E-state index contributed by atoms with van der Waals surface area (Å²) in [6.07, 6.45) is 0.243. The van der Waals surface area contributed by atoms with Crippen molar-refractivity contribution in [1.29, 1.82) is 0 Å². The summed E-state index contributed by atoms with van der Waals surface area (Å²) in [5, 5.41) is 2.78. The fourth-order valence-electron chi connectivity index (χ4n) is 2.78. The number of ether oxygens (including phenoxy) is 1. The van der Waals surface area contributed by atoms with Crippen LogP contribution in [0.4, 0.5) is 11.4 Å². The van der Waals surface area contributed by atoms with Crippen molar-refractivity contribution in [2.24, 2.45) is 0 Å². The summed E-state index contributed by atoms with van der Waals surface area (Å²) in [5.41, 5.74) is 3.29. The van der Waals surface area contributed by atoms with Crippen LogP contribution in [0.15, 0.2) is 42.5 Å². The monoisotopic (exact) mass is 310 g/mol. The second-order valence-electron chi connectivity index (χ2n) is 5.53. The van der Waals surface area contributed by atoms with E-state index in [1.807, 2.05) is 43.3 Å². The van der Waals surface area contributed by atoms with Gasteiger partial charge >= 0.3 is 0 Å². The van der Waals surface area contributed by atoms with Crippen molar-refractivity contribution in [3.05, 3.63) is 53.6 Å². The van der Waals surface area contributed by atoms with Gasteiger partial charge in [0.25, 0.3) is 0 Å². The summed E-state index contributed by atoms with van der Waals surface area (Å²) in [6.45, 7) is 1.99. The molecule has 2 aromatic rings. The van der Waals surface area contributed by atoms with Crippen molar-refractivity contribution in [3.8, 4) is 5.75 Å². The SMILES string of the molecule is COc1ccc(CC(=O)N2CC(=O)Nc3ccccc32)cc1C. The normalized spacial score (nSPS) is 13.3. The number of fused-ring (bicyclic) bond motifs is 1. The van der Waals surface area contributed by atoms with Crippen LogP contribution < -0.4 is 15.0 Å². The highest BCUT2D eigenvalue weighted by Crippen LogP contribution is 2.29. The number of nitrogens with one attached hydrogen (secondary N) is 1. The van der Waals surface area contributed by atoms with Crippen LogP contribution in [0.5, 0.6) is 5.75 Å². The van der Waals surface area contributed by atoms with E-state index >= 15 is 0 Å². The van der Waals surface area contributed by atoms with Gasteiger partial charge in [0.15, 0.2) is 0 Å². The molecular weight excluding hydrogens is 292 g/mol. The highest BCUT2D eigenvalue weighted by molar-refractivity contribution is 6.10. The molecule has 0 bridgehead atoms. The summed E-state index contributed by atoms with van der Waals surface area (Å²) >= 11 is 0. The zero-order chi connectivity index (χ0) is 16.4. The van der Waals surface area contributed by atoms with Crippen molar-refractivity contribution in [3.63, 3.8) is 0 Å². The average Bonchev–Trinajstić information content (AvgIpc) is 2.54. The zero-order valence-electron chi connectivity index (χ0n) is 13.1. The van der Waals surface area contributed by atoms with Gasteiger partial charge in [-0.05, 0) is 36.2 Å². The van der Waals surface area contributed by atoms with Gasteiger partial charge in [-0.15, -0.1) is 0 Å². The van der Waals surface area contributed by atoms with E-state index in [4.69, 9.17) is 4.74 Å². The van der Waals surface area contributed by atoms with Crippen LogP contribution in [0.25, 0.3) is 0 Å². The molecule has 0 unspecified atom stereocenters. The van der Waals surface area contributed by atoms with Crippen LogP contribution in [-0.4, -0.2) is 25.5 Å². The molecule has 118 valence electrons. The first-order valence-corrected chi connectivity index (χ1v) is 7.41. The topological polar surface area (TPSA) is 58.6 Å². The summed E-state index contributed by atoms with van der Waals surface area (Å²) in [4.78, 5) is 26.0. The number of benzene rings is 2. The molecule has 3 rings (SSSR count). The van der Waals surface area contributed by atoms with Gasteiger partial charge in [0.2, 0.25) is 11.8 Å². The molecule has 0 saturated heterocycles. The minimum Gasteiger partial charge on any atom is -0.496 e. The quantitative estimate of drug-likeness (QED) is 0.948. The van der Waals surface area contributed by atoms with Crippen molar-refractivity contribution in [1.82, 2.24) is 0 Å². The molecule has 0 fully saturated rings. The van der Waals surface area contributed by atoms with Crippen molar-refractivity contribution < 1.29 is 14.3 Å². The lowest BCUT2D eigenvalue weighted by molar-refractivity contribution is -0.121. The van der Waals surface area contributed by atoms with Crippen LogP contribution in [0.2, 0.25) is 0 Å². The van der Waals surface area contributed by atoms with Gasteiger partial charge < -0.3 is 15.0 Å². The molecule has 0 aliphatic carbocycles. The number of carbonyl (C=O) groups excluding carboxylic acids is 2. The lowest BCUT2D eigenvalue weighted by atomic mass is 10.1. The lowest BCUT2D eigenvalue weighted by Crippen LogP contribution is -2.42. The van der Waals surface area contributed by atoms with Crippen molar-refractivity contribution in [2.75, 3.05) is 23.9 Å². The molecule has 0 atom stereocenters. The number of hydrogen-bond donors (Lipinski definition) is 1. The van der Waals surface area contributed by atoms with Gasteiger partial charge in [-0.2, -0.15) is 0 Å². The molecule has 2 aromatic carbocycles. The highest BCUT2D eigenvalue weighted by atomic mass is 16.5. The van der Waals surface area contributed by atoms with Gasteiger partial charge in [-0.1, -0.05) is 24.3 Å². The van der Waals surface area contributed by atoms with Gasteiger partial charge in [0.1, 0.15) is 12.3 Å². The Morgan fingerprint density at radius 1 is 1.26 bits per heavy atom. The Morgan fingerprint density at radius 3 is 2.78 bits per heavy atom. The Balaban J connectivity index is 1.84. The maximum absolute atomic E-state index is 12.7. The molecular formula is C18H18N2O3. The van der Waals surface area contributed by atoms with Crippen LogP contribution >= 0.6 is 0 Å². The van der Waals surface area contributed by atoms with E-state index in [9.17, 15) is 9.59 Å². The summed E-state index contributed by atoms with van der Waals surface area (Å²) in [6, 6.07) is 13.0. The van der Waals surface area contributed by atoms with E-state index in [2.05, 4.69) is 5.32 Å². The molecule has 2 amide bonds. The van der Waals surface area contributed by atoms with Gasteiger partial charge in [-0.25, -0.2) is 0 Å². The van der Waals surface area contributed by atoms with E-state index in [0.29, 0.717) is 5.69 Å². The Hall–Kier alpha value is -2.82. The second kappa shape index (κ2) is 6.12. The first-order valence-electron chi connectivity index (χ1n) is 7.41. The second-order valence-corrected chi connectivity index (χ2v) is 5.53. The smallest absolute Gasteiger partial charge is 0.244 e. The first-order chi connectivity index (χ1) is 11.1. The largest absolute Gasteiger partial charge is 0.496 e. The Kier molecular flexibility index (Phi) is 4.02. The molecule has 5 nitrogen and oxygen atoms in total. The third-order valence-corrected chi connectivity index (χ3v) is 3.89. The number of carbonyl (C=O) groups is 2. The number of amides is 2. The minimum atomic E-state index is -0.178. The lowest BCUT2D eigenvalue weighted by Gasteiger charge is -2.29. The van der Waals surface area contributed by atoms with Gasteiger partial charge in [0, 0.05) is 0 Å². The fourth-order valence-corrected chi connectivity index (χ4v) is 2.78. The third kappa shape index (κ3) is 3.04. The average molecular weight is 310 g/mol. The molecule has 0 aromatic heterocycles. The first kappa shape index (κ1) is 15.1. The summed E-state index contributed by atoms with van der Waals surface area (Å²) in [7, 11) is 1.62. The Labute approximate surface area is 134 Å². The molecule has 1 heterocycles. The number of methoxy groups -OCH3 is 1. The molecule has 1 aliphatic rings. The number of para-hydroxylation sites is 2. The molecule has 5 heteroatoms. The number of rotatable bonds is 3. The number of anilines is 2. The Bertz CT molecular complexity index is 771. The fraction of sp³-hybridized carbons (Fsp3) is 0.222. The number of aryl methyl sites for hydroxylation is 1. The van der Waals surface area contributed by atoms with E-state index in [0.717, 1.165) is 22.6 Å². The van der Waals surface area contributed by atoms with Crippen LogP contribution in [0, 0.1) is 6.92 Å². The molecule has 0 radical (unpaired) electrons. The van der Waals surface area contributed by atoms with Crippen molar-refractivity contribution >= 4 is 23.2 Å². The standard InChI is InChI=1S/C18H18N2O3/c1-12-9-13(7-8-16(12)23-2)10-18(22)20-11-17(21)19-14-5-3-4-6-15(14)20/h3-9H,10-11H2,1-2H3,(H,19,21). The van der Waals surface area contributed by atoms with Crippen LogP contribution in [0.1, 0.15) is 11.1 Å². The molecule has 0 saturated carbocycles. The predicted octanol–water partition coefficient (Wildman–Crippen LogP) is 2.53. The third-order valence-electron chi connectivity index (χ3n) is 3.89. The Morgan fingerprint density at radius 2 is 2.04 bits per heavy atom. The molecule has 0 spiro atoms. The number of nitrogens with zero attached hydrogens (tertiary/aromatic N) is 1. The van der Waals surface area contributed by atoms with E-state index < -0.39 is 0 Å². The molecule has 1 aliphatic heterocycles.